The highest BCUT2D eigenvalue weighted by atomic mass is 32.2. The number of ether oxygens (including phenoxy) is 1. The van der Waals surface area contributed by atoms with E-state index in [1.807, 2.05) is 35.2 Å². The number of hydroxylamine groups is 1. The van der Waals surface area contributed by atoms with Gasteiger partial charge in [-0.1, -0.05) is 12.1 Å². The number of piperidine rings is 1. The number of nitrogens with one attached hydrogen (secondary N) is 1. The van der Waals surface area contributed by atoms with Gasteiger partial charge in [0, 0.05) is 50.4 Å². The lowest BCUT2D eigenvalue weighted by Crippen LogP contribution is -2.47. The number of rotatable bonds is 6. The van der Waals surface area contributed by atoms with Crippen molar-refractivity contribution in [1.82, 2.24) is 15.4 Å². The lowest BCUT2D eigenvalue weighted by Gasteiger charge is -2.37. The standard InChI is InChI=1S/C32H36N4O5S/c1-22-17-27(40-3)18-23(2)31(22)42(38,39)36-14-4-5-26-7-6-24(19-29(26)36)20-30(37)35-15-10-32(11-16-35)21-28(34-41-32)25-8-12-33-13-9-25/h6-9,12-13,17-19,21,34H,4-5,10-11,14-16,20H2,1-3H3. The van der Waals surface area contributed by atoms with Crippen LogP contribution in [0.5, 0.6) is 5.75 Å². The molecule has 9 nitrogen and oxygen atoms in total. The SMILES string of the molecule is COc1cc(C)c(S(=O)(=O)N2CCCc3ccc(CC(=O)N4CCC5(C=C(c6ccncc6)NO5)CC4)cc32)c(C)c1. The van der Waals surface area contributed by atoms with E-state index in [1.165, 1.54) is 4.31 Å². The van der Waals surface area contributed by atoms with Gasteiger partial charge in [-0.3, -0.25) is 24.4 Å². The Hall–Kier alpha value is -3.89. The van der Waals surface area contributed by atoms with Gasteiger partial charge in [0.2, 0.25) is 5.91 Å². The maximum Gasteiger partial charge on any atom is 0.264 e. The number of anilines is 1. The minimum absolute atomic E-state index is 0.0288. The van der Waals surface area contributed by atoms with Gasteiger partial charge in [-0.25, -0.2) is 8.42 Å². The van der Waals surface area contributed by atoms with E-state index in [0.717, 1.165) is 35.2 Å². The molecule has 0 bridgehead atoms. The molecule has 220 valence electrons. The summed E-state index contributed by atoms with van der Waals surface area (Å²) in [5, 5.41) is 0. The van der Waals surface area contributed by atoms with Crippen LogP contribution in [0.4, 0.5) is 5.69 Å². The first-order valence-electron chi connectivity index (χ1n) is 14.3. The van der Waals surface area contributed by atoms with Crippen molar-refractivity contribution in [2.75, 3.05) is 31.0 Å². The molecule has 0 aliphatic carbocycles. The Morgan fingerprint density at radius 3 is 2.45 bits per heavy atom. The van der Waals surface area contributed by atoms with E-state index in [0.29, 0.717) is 59.9 Å². The van der Waals surface area contributed by atoms with Crippen molar-refractivity contribution in [2.24, 2.45) is 0 Å². The number of carbonyl (C=O) groups is 1. The number of hydrogen-bond acceptors (Lipinski definition) is 7. The largest absolute Gasteiger partial charge is 0.497 e. The third-order valence-corrected chi connectivity index (χ3v) is 10.6. The molecule has 0 saturated carbocycles. The molecule has 6 rings (SSSR count). The summed E-state index contributed by atoms with van der Waals surface area (Å²) in [6, 6.07) is 13.2. The van der Waals surface area contributed by atoms with Crippen LogP contribution in [0.25, 0.3) is 5.70 Å². The second kappa shape index (κ2) is 11.1. The first kappa shape index (κ1) is 28.2. The number of nitrogens with zero attached hydrogens (tertiary/aromatic N) is 3. The highest BCUT2D eigenvalue weighted by Crippen LogP contribution is 2.37. The van der Waals surface area contributed by atoms with Crippen molar-refractivity contribution in [3.63, 3.8) is 0 Å². The van der Waals surface area contributed by atoms with E-state index in [9.17, 15) is 13.2 Å². The number of amides is 1. The zero-order valence-corrected chi connectivity index (χ0v) is 25.0. The molecule has 1 amide bonds. The summed E-state index contributed by atoms with van der Waals surface area (Å²) < 4.78 is 34.8. The quantitative estimate of drug-likeness (QED) is 0.458. The maximum absolute atomic E-state index is 14.0. The first-order chi connectivity index (χ1) is 20.2. The highest BCUT2D eigenvalue weighted by molar-refractivity contribution is 7.93. The number of hydrogen-bond donors (Lipinski definition) is 1. The zero-order chi connectivity index (χ0) is 29.5. The molecule has 1 spiro atoms. The van der Waals surface area contributed by atoms with Crippen LogP contribution in [0.1, 0.15) is 47.1 Å². The molecule has 0 unspecified atom stereocenters. The lowest BCUT2D eigenvalue weighted by atomic mass is 9.90. The van der Waals surface area contributed by atoms with Gasteiger partial charge < -0.3 is 9.64 Å². The normalized spacial score (nSPS) is 17.9. The number of carbonyl (C=O) groups excluding carboxylic acids is 1. The average Bonchev–Trinajstić information content (AvgIpc) is 3.40. The van der Waals surface area contributed by atoms with Gasteiger partial charge in [0.1, 0.15) is 11.4 Å². The number of aromatic nitrogens is 1. The Morgan fingerprint density at radius 1 is 1.05 bits per heavy atom. The summed E-state index contributed by atoms with van der Waals surface area (Å²) in [5.74, 6) is 0.662. The van der Waals surface area contributed by atoms with Crippen LogP contribution < -0.4 is 14.5 Å². The van der Waals surface area contributed by atoms with Crippen molar-refractivity contribution in [3.05, 3.63) is 88.8 Å². The van der Waals surface area contributed by atoms with Crippen LogP contribution in [0.3, 0.4) is 0 Å². The minimum Gasteiger partial charge on any atom is -0.497 e. The fraction of sp³-hybridized carbons (Fsp3) is 0.375. The fourth-order valence-corrected chi connectivity index (χ4v) is 8.26. The highest BCUT2D eigenvalue weighted by Gasteiger charge is 2.40. The molecule has 3 aliphatic heterocycles. The Bertz CT molecular complexity index is 1620. The van der Waals surface area contributed by atoms with Crippen molar-refractivity contribution >= 4 is 27.3 Å². The molecule has 0 atom stereocenters. The minimum atomic E-state index is -3.81. The van der Waals surface area contributed by atoms with Gasteiger partial charge in [0.15, 0.2) is 0 Å². The van der Waals surface area contributed by atoms with Crippen LogP contribution >= 0.6 is 0 Å². The predicted molar refractivity (Wildman–Crippen MR) is 160 cm³/mol. The van der Waals surface area contributed by atoms with E-state index in [-0.39, 0.29) is 12.3 Å². The second-order valence-corrected chi connectivity index (χ2v) is 13.2. The van der Waals surface area contributed by atoms with Crippen molar-refractivity contribution in [1.29, 1.82) is 0 Å². The molecule has 0 radical (unpaired) electrons. The average molecular weight is 589 g/mol. The van der Waals surface area contributed by atoms with Crippen LogP contribution in [0.2, 0.25) is 0 Å². The summed E-state index contributed by atoms with van der Waals surface area (Å²) >= 11 is 0. The number of fused-ring (bicyclic) bond motifs is 1. The van der Waals surface area contributed by atoms with E-state index in [2.05, 4.69) is 16.5 Å². The van der Waals surface area contributed by atoms with Crippen molar-refractivity contribution in [3.8, 4) is 5.75 Å². The van der Waals surface area contributed by atoms with Crippen LogP contribution in [-0.4, -0.2) is 56.6 Å². The van der Waals surface area contributed by atoms with Gasteiger partial charge in [-0.15, -0.1) is 0 Å². The van der Waals surface area contributed by atoms with E-state index < -0.39 is 15.6 Å². The van der Waals surface area contributed by atoms with E-state index in [1.54, 1.807) is 45.5 Å². The van der Waals surface area contributed by atoms with Crippen LogP contribution in [-0.2, 0) is 32.5 Å². The van der Waals surface area contributed by atoms with Gasteiger partial charge in [0.25, 0.3) is 10.0 Å². The van der Waals surface area contributed by atoms with Crippen LogP contribution in [0, 0.1) is 13.8 Å². The Morgan fingerprint density at radius 2 is 1.76 bits per heavy atom. The maximum atomic E-state index is 14.0. The summed E-state index contributed by atoms with van der Waals surface area (Å²) in [5.41, 5.74) is 8.31. The molecule has 4 heterocycles. The van der Waals surface area contributed by atoms with Crippen molar-refractivity contribution < 1.29 is 22.8 Å². The molecule has 1 saturated heterocycles. The Kier molecular flexibility index (Phi) is 7.44. The molecule has 3 aliphatic rings. The van der Waals surface area contributed by atoms with Gasteiger partial charge in [0.05, 0.1) is 29.8 Å². The molecule has 3 aromatic rings. The second-order valence-electron chi connectivity index (χ2n) is 11.4. The predicted octanol–water partition coefficient (Wildman–Crippen LogP) is 4.33. The smallest absolute Gasteiger partial charge is 0.264 e. The Balaban J connectivity index is 1.17. The number of methoxy groups -OCH3 is 1. The van der Waals surface area contributed by atoms with Crippen LogP contribution in [0.15, 0.2) is 65.8 Å². The van der Waals surface area contributed by atoms with E-state index in [4.69, 9.17) is 9.57 Å². The molecule has 1 aromatic heterocycles. The Labute approximate surface area is 247 Å². The number of aryl methyl sites for hydroxylation is 3. The third kappa shape index (κ3) is 5.25. The summed E-state index contributed by atoms with van der Waals surface area (Å²) in [6.45, 7) is 5.17. The molecule has 1 N–H and O–H groups in total. The monoisotopic (exact) mass is 588 g/mol. The summed E-state index contributed by atoms with van der Waals surface area (Å²) in [7, 11) is -2.24. The molecule has 10 heteroatoms. The van der Waals surface area contributed by atoms with Gasteiger partial charge in [-0.2, -0.15) is 0 Å². The molecular formula is C32H36N4O5S. The summed E-state index contributed by atoms with van der Waals surface area (Å²) in [6.07, 6.45) is 8.76. The molecule has 42 heavy (non-hydrogen) atoms. The topological polar surface area (TPSA) is 101 Å². The fourth-order valence-electron chi connectivity index (χ4n) is 6.31. The van der Waals surface area contributed by atoms with Gasteiger partial charge in [-0.05, 0) is 85.4 Å². The van der Waals surface area contributed by atoms with Crippen molar-refractivity contribution in [2.45, 2.75) is 56.4 Å². The molecule has 2 aromatic carbocycles. The third-order valence-electron chi connectivity index (χ3n) is 8.52. The lowest BCUT2D eigenvalue weighted by molar-refractivity contribution is -0.136. The number of benzene rings is 2. The van der Waals surface area contributed by atoms with E-state index >= 15 is 0 Å². The number of pyridine rings is 1. The molecule has 1 fully saturated rings. The van der Waals surface area contributed by atoms with Gasteiger partial charge >= 0.3 is 0 Å². The molecular weight excluding hydrogens is 552 g/mol. The summed E-state index contributed by atoms with van der Waals surface area (Å²) in [4.78, 5) is 25.6. The number of likely N-dealkylation sites (tertiary alicyclic amines) is 1. The first-order valence-corrected chi connectivity index (χ1v) is 15.8. The zero-order valence-electron chi connectivity index (χ0n) is 24.2. The number of sulfonamides is 1.